The van der Waals surface area contributed by atoms with E-state index in [1.807, 2.05) is 18.7 Å². The van der Waals surface area contributed by atoms with E-state index in [1.165, 1.54) is 10.6 Å². The summed E-state index contributed by atoms with van der Waals surface area (Å²) in [5.41, 5.74) is 2.88. The van der Waals surface area contributed by atoms with Gasteiger partial charge in [0.1, 0.15) is 0 Å². The lowest BCUT2D eigenvalue weighted by molar-refractivity contribution is 0.0878. The molecule has 2 heterocycles. The van der Waals surface area contributed by atoms with Crippen LogP contribution in [0.25, 0.3) is 0 Å². The Balaban J connectivity index is 1.61. The molecule has 2 aromatic rings. The standard InChI is InChI=1S/C18H21Cl2N3OS/c1-11-18(12(2)22(3)21-11)25-23-8-6-13(7-9-23)17(24)14-4-5-15(19)16(20)10-14/h4-5,10,13H,6-9H2,1-3H3. The first-order valence-electron chi connectivity index (χ1n) is 8.29. The molecular formula is C18H21Cl2N3OS. The van der Waals surface area contributed by atoms with Crippen LogP contribution in [0.4, 0.5) is 0 Å². The Labute approximate surface area is 162 Å². The molecule has 0 bridgehead atoms. The smallest absolute Gasteiger partial charge is 0.166 e. The number of carbonyl (C=O) groups is 1. The van der Waals surface area contributed by atoms with Crippen molar-refractivity contribution in [3.8, 4) is 0 Å². The van der Waals surface area contributed by atoms with Crippen molar-refractivity contribution in [3.05, 3.63) is 45.2 Å². The molecule has 1 aromatic carbocycles. The van der Waals surface area contributed by atoms with Crippen molar-refractivity contribution in [2.24, 2.45) is 13.0 Å². The van der Waals surface area contributed by atoms with Gasteiger partial charge in [-0.25, -0.2) is 4.31 Å². The fourth-order valence-corrected chi connectivity index (χ4v) is 4.50. The van der Waals surface area contributed by atoms with E-state index in [0.717, 1.165) is 31.6 Å². The topological polar surface area (TPSA) is 38.1 Å². The molecule has 1 aliphatic heterocycles. The van der Waals surface area contributed by atoms with E-state index in [2.05, 4.69) is 16.3 Å². The highest BCUT2D eigenvalue weighted by molar-refractivity contribution is 7.97. The first kappa shape index (κ1) is 18.8. The maximum Gasteiger partial charge on any atom is 0.166 e. The van der Waals surface area contributed by atoms with Crippen LogP contribution in [0.15, 0.2) is 23.1 Å². The Kier molecular flexibility index (Phi) is 5.78. The van der Waals surface area contributed by atoms with Crippen molar-refractivity contribution >= 4 is 40.9 Å². The van der Waals surface area contributed by atoms with Gasteiger partial charge in [-0.05, 0) is 56.8 Å². The van der Waals surface area contributed by atoms with Crippen LogP contribution >= 0.6 is 35.1 Å². The lowest BCUT2D eigenvalue weighted by Crippen LogP contribution is -2.32. The van der Waals surface area contributed by atoms with Gasteiger partial charge in [0.05, 0.1) is 26.3 Å². The number of ketones is 1. The van der Waals surface area contributed by atoms with Gasteiger partial charge in [0.15, 0.2) is 5.78 Å². The van der Waals surface area contributed by atoms with Gasteiger partial charge in [-0.1, -0.05) is 23.2 Å². The van der Waals surface area contributed by atoms with Gasteiger partial charge in [-0.3, -0.25) is 9.48 Å². The van der Waals surface area contributed by atoms with E-state index in [0.29, 0.717) is 15.6 Å². The summed E-state index contributed by atoms with van der Waals surface area (Å²) in [6, 6.07) is 5.13. The van der Waals surface area contributed by atoms with Crippen molar-refractivity contribution in [2.75, 3.05) is 13.1 Å². The number of benzene rings is 1. The zero-order chi connectivity index (χ0) is 18.1. The molecule has 0 radical (unpaired) electrons. The second-order valence-corrected chi connectivity index (χ2v) is 8.33. The van der Waals surface area contributed by atoms with Crippen LogP contribution in [-0.4, -0.2) is 33.0 Å². The molecule has 4 nitrogen and oxygen atoms in total. The predicted octanol–water partition coefficient (Wildman–Crippen LogP) is 4.95. The number of carbonyl (C=O) groups excluding carboxylic acids is 1. The van der Waals surface area contributed by atoms with Crippen molar-refractivity contribution in [3.63, 3.8) is 0 Å². The number of aromatic nitrogens is 2. The maximum atomic E-state index is 12.7. The van der Waals surface area contributed by atoms with Crippen LogP contribution in [0.5, 0.6) is 0 Å². The zero-order valence-corrected chi connectivity index (χ0v) is 16.9. The van der Waals surface area contributed by atoms with E-state index in [9.17, 15) is 4.79 Å². The van der Waals surface area contributed by atoms with Gasteiger partial charge in [0.25, 0.3) is 0 Å². The number of Topliss-reactive ketones (excluding diaryl/α,β-unsaturated/α-hetero) is 1. The van der Waals surface area contributed by atoms with E-state index >= 15 is 0 Å². The highest BCUT2D eigenvalue weighted by Gasteiger charge is 2.27. The second kappa shape index (κ2) is 7.70. The molecular weight excluding hydrogens is 377 g/mol. The van der Waals surface area contributed by atoms with Crippen molar-refractivity contribution in [1.29, 1.82) is 0 Å². The molecule has 1 saturated heterocycles. The van der Waals surface area contributed by atoms with Crippen LogP contribution in [-0.2, 0) is 7.05 Å². The van der Waals surface area contributed by atoms with Gasteiger partial charge in [0.2, 0.25) is 0 Å². The van der Waals surface area contributed by atoms with E-state index < -0.39 is 0 Å². The highest BCUT2D eigenvalue weighted by Crippen LogP contribution is 2.33. The summed E-state index contributed by atoms with van der Waals surface area (Å²) in [7, 11) is 1.97. The Morgan fingerprint density at radius 3 is 2.44 bits per heavy atom. The molecule has 25 heavy (non-hydrogen) atoms. The van der Waals surface area contributed by atoms with Crippen LogP contribution in [0.1, 0.15) is 34.6 Å². The summed E-state index contributed by atoms with van der Waals surface area (Å²) in [6.45, 7) is 5.89. The van der Waals surface area contributed by atoms with E-state index in [1.54, 1.807) is 30.1 Å². The molecule has 1 fully saturated rings. The van der Waals surface area contributed by atoms with Crippen LogP contribution in [0.3, 0.4) is 0 Å². The summed E-state index contributed by atoms with van der Waals surface area (Å²) in [6.07, 6.45) is 1.70. The van der Waals surface area contributed by atoms with Crippen LogP contribution in [0.2, 0.25) is 10.0 Å². The maximum absolute atomic E-state index is 12.7. The summed E-state index contributed by atoms with van der Waals surface area (Å²) in [5, 5.41) is 5.38. The van der Waals surface area contributed by atoms with Crippen molar-refractivity contribution in [2.45, 2.75) is 31.6 Å². The third-order valence-corrected chi connectivity index (χ3v) is 6.83. The first-order chi connectivity index (χ1) is 11.9. The summed E-state index contributed by atoms with van der Waals surface area (Å²) in [5.74, 6) is 0.210. The summed E-state index contributed by atoms with van der Waals surface area (Å²) in [4.78, 5) is 13.9. The number of aryl methyl sites for hydroxylation is 2. The molecule has 7 heteroatoms. The average Bonchev–Trinajstić information content (AvgIpc) is 2.83. The number of hydrogen-bond acceptors (Lipinski definition) is 4. The Morgan fingerprint density at radius 1 is 1.20 bits per heavy atom. The SMILES string of the molecule is Cc1nn(C)c(C)c1SN1CCC(C(=O)c2ccc(Cl)c(Cl)c2)CC1. The number of rotatable bonds is 4. The monoisotopic (exact) mass is 397 g/mol. The van der Waals surface area contributed by atoms with Crippen LogP contribution < -0.4 is 0 Å². The quantitative estimate of drug-likeness (QED) is 0.540. The molecule has 1 aliphatic rings. The Bertz CT molecular complexity index is 798. The zero-order valence-electron chi connectivity index (χ0n) is 14.6. The van der Waals surface area contributed by atoms with Crippen molar-refractivity contribution in [1.82, 2.24) is 14.1 Å². The molecule has 1 aromatic heterocycles. The molecule has 134 valence electrons. The fourth-order valence-electron chi connectivity index (χ4n) is 3.11. The van der Waals surface area contributed by atoms with Crippen LogP contribution in [0, 0.1) is 19.8 Å². The molecule has 0 N–H and O–H groups in total. The molecule has 0 unspecified atom stereocenters. The number of nitrogens with zero attached hydrogens (tertiary/aromatic N) is 3. The number of halogens is 2. The van der Waals surface area contributed by atoms with Gasteiger partial charge >= 0.3 is 0 Å². The van der Waals surface area contributed by atoms with Gasteiger partial charge in [0, 0.05) is 31.6 Å². The van der Waals surface area contributed by atoms with Gasteiger partial charge in [-0.2, -0.15) is 5.10 Å². The number of hydrogen-bond donors (Lipinski definition) is 0. The second-order valence-electron chi connectivity index (χ2n) is 6.41. The number of piperidine rings is 1. The normalized spacial score (nSPS) is 16.4. The summed E-state index contributed by atoms with van der Waals surface area (Å²) < 4.78 is 4.24. The molecule has 0 amide bonds. The largest absolute Gasteiger partial charge is 0.294 e. The first-order valence-corrected chi connectivity index (χ1v) is 9.82. The average molecular weight is 398 g/mol. The third kappa shape index (κ3) is 4.05. The van der Waals surface area contributed by atoms with E-state index in [-0.39, 0.29) is 11.7 Å². The minimum atomic E-state index is 0.0465. The Morgan fingerprint density at radius 2 is 1.88 bits per heavy atom. The molecule has 0 aliphatic carbocycles. The third-order valence-electron chi connectivity index (χ3n) is 4.69. The van der Waals surface area contributed by atoms with E-state index in [4.69, 9.17) is 23.2 Å². The summed E-state index contributed by atoms with van der Waals surface area (Å²) >= 11 is 13.7. The molecule has 3 rings (SSSR count). The minimum absolute atomic E-state index is 0.0465. The van der Waals surface area contributed by atoms with Gasteiger partial charge in [-0.15, -0.1) is 0 Å². The molecule has 0 saturated carbocycles. The minimum Gasteiger partial charge on any atom is -0.294 e. The Hall–Kier alpha value is -1.01. The predicted molar refractivity (Wildman–Crippen MR) is 104 cm³/mol. The molecule has 0 atom stereocenters. The molecule has 0 spiro atoms. The lowest BCUT2D eigenvalue weighted by Gasteiger charge is -2.30. The fraction of sp³-hybridized carbons (Fsp3) is 0.444. The van der Waals surface area contributed by atoms with Crippen molar-refractivity contribution < 1.29 is 4.79 Å². The van der Waals surface area contributed by atoms with Gasteiger partial charge < -0.3 is 0 Å². The highest BCUT2D eigenvalue weighted by atomic mass is 35.5. The lowest BCUT2D eigenvalue weighted by atomic mass is 9.90.